The molecule has 0 aromatic heterocycles. The lowest BCUT2D eigenvalue weighted by atomic mass is 9.86. The maximum Gasteiger partial charge on any atom is 0.412 e. The Labute approximate surface area is 149 Å². The minimum absolute atomic E-state index is 0.184. The third kappa shape index (κ3) is 6.74. The largest absolute Gasteiger partial charge is 0.481 e. The normalized spacial score (nSPS) is 20.8. The highest BCUT2D eigenvalue weighted by atomic mass is 16.6. The second kappa shape index (κ2) is 8.34. The molecule has 6 heteroatoms. The summed E-state index contributed by atoms with van der Waals surface area (Å²) in [6, 6.07) is 7.99. The molecule has 3 N–H and O–H groups in total. The maximum absolute atomic E-state index is 11.7. The van der Waals surface area contributed by atoms with E-state index in [1.807, 2.05) is 45.0 Å². The second-order valence-electron chi connectivity index (χ2n) is 7.59. The molecule has 1 aromatic rings. The molecule has 0 atom stereocenters. The fourth-order valence-corrected chi connectivity index (χ4v) is 2.93. The van der Waals surface area contributed by atoms with Crippen molar-refractivity contribution in [3.63, 3.8) is 0 Å². The first-order chi connectivity index (χ1) is 11.7. The molecule has 25 heavy (non-hydrogen) atoms. The summed E-state index contributed by atoms with van der Waals surface area (Å²) >= 11 is 0. The van der Waals surface area contributed by atoms with Crippen molar-refractivity contribution in [3.8, 4) is 0 Å². The zero-order valence-corrected chi connectivity index (χ0v) is 15.2. The van der Waals surface area contributed by atoms with Crippen molar-refractivity contribution >= 4 is 17.7 Å². The number of carbonyl (C=O) groups excluding carboxylic acids is 1. The number of ether oxygens (including phenoxy) is 1. The molecule has 1 amide bonds. The zero-order chi connectivity index (χ0) is 18.4. The molecule has 6 nitrogen and oxygen atoms in total. The highest BCUT2D eigenvalue weighted by Crippen LogP contribution is 2.24. The van der Waals surface area contributed by atoms with E-state index in [2.05, 4.69) is 10.6 Å². The van der Waals surface area contributed by atoms with Crippen LogP contribution in [0.2, 0.25) is 0 Å². The Kier molecular flexibility index (Phi) is 6.42. The lowest BCUT2D eigenvalue weighted by molar-refractivity contribution is -0.142. The fourth-order valence-electron chi connectivity index (χ4n) is 2.93. The first-order valence-corrected chi connectivity index (χ1v) is 8.78. The van der Waals surface area contributed by atoms with Gasteiger partial charge in [0.2, 0.25) is 0 Å². The average molecular weight is 348 g/mol. The third-order valence-corrected chi connectivity index (χ3v) is 4.27. The van der Waals surface area contributed by atoms with Crippen molar-refractivity contribution in [2.24, 2.45) is 5.92 Å². The molecular formula is C19H28N2O4. The van der Waals surface area contributed by atoms with Crippen molar-refractivity contribution < 1.29 is 19.4 Å². The highest BCUT2D eigenvalue weighted by Gasteiger charge is 2.25. The predicted octanol–water partition coefficient (Wildman–Crippen LogP) is 3.77. The summed E-state index contributed by atoms with van der Waals surface area (Å²) in [5.41, 5.74) is 1.29. The maximum atomic E-state index is 11.7. The zero-order valence-electron chi connectivity index (χ0n) is 15.2. The van der Waals surface area contributed by atoms with Crippen LogP contribution in [0.15, 0.2) is 24.3 Å². The number of amides is 1. The SMILES string of the molecule is CC(C)(C)OC(=O)Nc1ccc(CNC2CCC(C(=O)O)CC2)cc1. The van der Waals surface area contributed by atoms with Crippen LogP contribution < -0.4 is 10.6 Å². The van der Waals surface area contributed by atoms with Crippen molar-refractivity contribution in [1.82, 2.24) is 5.32 Å². The van der Waals surface area contributed by atoms with Gasteiger partial charge >= 0.3 is 12.1 Å². The van der Waals surface area contributed by atoms with Gasteiger partial charge in [-0.05, 0) is 64.2 Å². The van der Waals surface area contributed by atoms with Gasteiger partial charge in [0.15, 0.2) is 0 Å². The number of hydrogen-bond acceptors (Lipinski definition) is 4. The molecule has 1 aliphatic carbocycles. The smallest absolute Gasteiger partial charge is 0.412 e. The lowest BCUT2D eigenvalue weighted by Gasteiger charge is -2.27. The highest BCUT2D eigenvalue weighted by molar-refractivity contribution is 5.84. The van der Waals surface area contributed by atoms with Crippen LogP contribution in [-0.2, 0) is 16.1 Å². The van der Waals surface area contributed by atoms with E-state index < -0.39 is 17.7 Å². The summed E-state index contributed by atoms with van der Waals surface area (Å²) in [6.45, 7) is 6.21. The number of rotatable bonds is 5. The molecule has 1 aliphatic rings. The molecule has 138 valence electrons. The first-order valence-electron chi connectivity index (χ1n) is 8.78. The summed E-state index contributed by atoms with van der Waals surface area (Å²) in [4.78, 5) is 22.7. The van der Waals surface area contributed by atoms with E-state index in [0.29, 0.717) is 11.7 Å². The van der Waals surface area contributed by atoms with E-state index in [1.165, 1.54) is 0 Å². The Morgan fingerprint density at radius 2 is 1.72 bits per heavy atom. The Morgan fingerprint density at radius 3 is 2.24 bits per heavy atom. The van der Waals surface area contributed by atoms with E-state index in [9.17, 15) is 9.59 Å². The van der Waals surface area contributed by atoms with Gasteiger partial charge in [0.1, 0.15) is 5.60 Å². The minimum atomic E-state index is -0.675. The Bertz CT molecular complexity index is 584. The van der Waals surface area contributed by atoms with Crippen molar-refractivity contribution in [2.75, 3.05) is 5.32 Å². The molecule has 1 aromatic carbocycles. The van der Waals surface area contributed by atoms with Crippen LogP contribution in [-0.4, -0.2) is 28.8 Å². The quantitative estimate of drug-likeness (QED) is 0.754. The van der Waals surface area contributed by atoms with Crippen molar-refractivity contribution in [2.45, 2.75) is 64.6 Å². The van der Waals surface area contributed by atoms with Crippen LogP contribution in [0.1, 0.15) is 52.0 Å². The number of anilines is 1. The predicted molar refractivity (Wildman–Crippen MR) is 96.5 cm³/mol. The molecule has 0 spiro atoms. The second-order valence-corrected chi connectivity index (χ2v) is 7.59. The third-order valence-electron chi connectivity index (χ3n) is 4.27. The Morgan fingerprint density at radius 1 is 1.12 bits per heavy atom. The van der Waals surface area contributed by atoms with Crippen molar-refractivity contribution in [1.29, 1.82) is 0 Å². The van der Waals surface area contributed by atoms with E-state index in [4.69, 9.17) is 9.84 Å². The molecule has 0 radical (unpaired) electrons. The van der Waals surface area contributed by atoms with Gasteiger partial charge in [-0.2, -0.15) is 0 Å². The van der Waals surface area contributed by atoms with Crippen LogP contribution in [0, 0.1) is 5.92 Å². The molecule has 2 rings (SSSR count). The molecule has 0 aliphatic heterocycles. The van der Waals surface area contributed by atoms with Gasteiger partial charge in [-0.3, -0.25) is 10.1 Å². The van der Waals surface area contributed by atoms with Crippen LogP contribution >= 0.6 is 0 Å². The Balaban J connectivity index is 1.75. The number of nitrogens with one attached hydrogen (secondary N) is 2. The summed E-state index contributed by atoms with van der Waals surface area (Å²) in [5.74, 6) is -0.859. The molecule has 1 saturated carbocycles. The Hall–Kier alpha value is -2.08. The number of carboxylic acids is 1. The van der Waals surface area contributed by atoms with Crippen LogP contribution in [0.4, 0.5) is 10.5 Å². The summed E-state index contributed by atoms with van der Waals surface area (Å²) < 4.78 is 5.22. The average Bonchev–Trinajstić information content (AvgIpc) is 2.53. The summed E-state index contributed by atoms with van der Waals surface area (Å²) in [7, 11) is 0. The van der Waals surface area contributed by atoms with Crippen LogP contribution in [0.3, 0.4) is 0 Å². The lowest BCUT2D eigenvalue weighted by Crippen LogP contribution is -2.34. The van der Waals surface area contributed by atoms with Gasteiger partial charge in [0, 0.05) is 18.3 Å². The number of hydrogen-bond donors (Lipinski definition) is 3. The van der Waals surface area contributed by atoms with Crippen molar-refractivity contribution in [3.05, 3.63) is 29.8 Å². The summed E-state index contributed by atoms with van der Waals surface area (Å²) in [5, 5.41) is 15.2. The number of aliphatic carboxylic acids is 1. The van der Waals surface area contributed by atoms with E-state index in [1.54, 1.807) is 0 Å². The molecule has 1 fully saturated rings. The van der Waals surface area contributed by atoms with Gasteiger partial charge in [-0.25, -0.2) is 4.79 Å². The number of benzene rings is 1. The van der Waals surface area contributed by atoms with E-state index in [-0.39, 0.29) is 5.92 Å². The molecular weight excluding hydrogens is 320 g/mol. The number of carbonyl (C=O) groups is 2. The standard InChI is InChI=1S/C19H28N2O4/c1-19(2,3)25-18(24)21-16-8-4-13(5-9-16)12-20-15-10-6-14(7-11-15)17(22)23/h4-5,8-9,14-15,20H,6-7,10-12H2,1-3H3,(H,21,24)(H,22,23). The van der Waals surface area contributed by atoms with Crippen LogP contribution in [0.25, 0.3) is 0 Å². The van der Waals surface area contributed by atoms with Gasteiger partial charge in [0.05, 0.1) is 5.92 Å². The first kappa shape index (κ1) is 19.2. The molecule has 0 unspecified atom stereocenters. The van der Waals surface area contributed by atoms with Gasteiger partial charge in [0.25, 0.3) is 0 Å². The van der Waals surface area contributed by atoms with Gasteiger partial charge < -0.3 is 15.2 Å². The topological polar surface area (TPSA) is 87.7 Å². The monoisotopic (exact) mass is 348 g/mol. The van der Waals surface area contributed by atoms with Crippen LogP contribution in [0.5, 0.6) is 0 Å². The molecule has 0 bridgehead atoms. The van der Waals surface area contributed by atoms with Gasteiger partial charge in [-0.15, -0.1) is 0 Å². The fraction of sp³-hybridized carbons (Fsp3) is 0.579. The van der Waals surface area contributed by atoms with Gasteiger partial charge in [-0.1, -0.05) is 12.1 Å². The summed E-state index contributed by atoms with van der Waals surface area (Å²) in [6.07, 6.45) is 2.82. The van der Waals surface area contributed by atoms with E-state index >= 15 is 0 Å². The number of carboxylic acid groups (broad SMARTS) is 1. The van der Waals surface area contributed by atoms with E-state index in [0.717, 1.165) is 37.8 Å². The molecule has 0 heterocycles. The minimum Gasteiger partial charge on any atom is -0.481 e. The molecule has 0 saturated heterocycles.